The molecule has 2 aromatic heterocycles. The normalized spacial score (nSPS) is 10.8. The molecule has 0 saturated heterocycles. The van der Waals surface area contributed by atoms with Crippen LogP contribution in [-0.2, 0) is 6.54 Å². The minimum absolute atomic E-state index is 0.215. The summed E-state index contributed by atoms with van der Waals surface area (Å²) in [5.41, 5.74) is 14.7. The fourth-order valence-electron chi connectivity index (χ4n) is 2.20. The number of aryl methyl sites for hydroxylation is 1. The Bertz CT molecular complexity index is 858. The number of carbonyl (C=O) groups is 1. The molecule has 0 radical (unpaired) electrons. The van der Waals surface area contributed by atoms with E-state index in [0.29, 0.717) is 33.3 Å². The topological polar surface area (TPSA) is 107 Å². The van der Waals surface area contributed by atoms with Gasteiger partial charge in [0.05, 0.1) is 10.3 Å². The van der Waals surface area contributed by atoms with Gasteiger partial charge in [-0.2, -0.15) is 0 Å². The number of nitrogens with one attached hydrogen (secondary N) is 1. The first-order valence-electron chi connectivity index (χ1n) is 6.71. The van der Waals surface area contributed by atoms with Crippen LogP contribution in [0.3, 0.4) is 0 Å². The van der Waals surface area contributed by atoms with Crippen LogP contribution >= 0.6 is 11.3 Å². The van der Waals surface area contributed by atoms with E-state index in [0.717, 1.165) is 11.3 Å². The summed E-state index contributed by atoms with van der Waals surface area (Å²) in [7, 11) is 0. The molecule has 0 aliphatic carbocycles. The number of rotatable bonds is 3. The highest BCUT2D eigenvalue weighted by Gasteiger charge is 2.15. The van der Waals surface area contributed by atoms with E-state index < -0.39 is 0 Å². The zero-order valence-electron chi connectivity index (χ0n) is 12.0. The third kappa shape index (κ3) is 2.76. The van der Waals surface area contributed by atoms with Crippen LogP contribution in [0, 0.1) is 6.92 Å². The van der Waals surface area contributed by atoms with E-state index in [1.807, 2.05) is 31.2 Å². The number of nitrogens with two attached hydrogens (primary N) is 2. The molecule has 3 aromatic rings. The van der Waals surface area contributed by atoms with Gasteiger partial charge in [-0.3, -0.25) is 4.79 Å². The van der Waals surface area contributed by atoms with Crippen molar-refractivity contribution in [3.05, 3.63) is 47.2 Å². The number of nitrogen functional groups attached to an aromatic ring is 1. The van der Waals surface area contributed by atoms with Gasteiger partial charge in [-0.05, 0) is 30.7 Å². The van der Waals surface area contributed by atoms with Crippen LogP contribution in [0.4, 0.5) is 10.8 Å². The van der Waals surface area contributed by atoms with E-state index in [2.05, 4.69) is 15.3 Å². The van der Waals surface area contributed by atoms with Gasteiger partial charge in [0.2, 0.25) is 0 Å². The molecule has 0 unspecified atom stereocenters. The first-order valence-corrected chi connectivity index (χ1v) is 7.52. The number of hydrogen-bond acceptors (Lipinski definition) is 6. The van der Waals surface area contributed by atoms with E-state index in [9.17, 15) is 4.79 Å². The largest absolute Gasteiger partial charge is 0.375 e. The maximum atomic E-state index is 12.6. The van der Waals surface area contributed by atoms with Gasteiger partial charge in [-0.1, -0.05) is 23.5 Å². The summed E-state index contributed by atoms with van der Waals surface area (Å²) in [5.74, 6) is -0.215. The van der Waals surface area contributed by atoms with Gasteiger partial charge in [-0.25, -0.2) is 9.97 Å². The second kappa shape index (κ2) is 5.70. The first-order chi connectivity index (χ1) is 10.6. The van der Waals surface area contributed by atoms with Gasteiger partial charge in [0.25, 0.3) is 5.91 Å². The molecule has 1 amide bonds. The molecule has 0 atom stereocenters. The second-order valence-corrected chi connectivity index (χ2v) is 5.91. The van der Waals surface area contributed by atoms with Crippen molar-refractivity contribution in [3.8, 4) is 0 Å². The zero-order valence-corrected chi connectivity index (χ0v) is 12.8. The Balaban J connectivity index is 1.98. The summed E-state index contributed by atoms with van der Waals surface area (Å²) in [6.07, 6.45) is 0. The van der Waals surface area contributed by atoms with Crippen molar-refractivity contribution in [2.24, 2.45) is 5.73 Å². The smallest absolute Gasteiger partial charge is 0.257 e. The number of nitrogens with zero attached hydrogens (tertiary/aromatic N) is 2. The molecule has 112 valence electrons. The average Bonchev–Trinajstić information content (AvgIpc) is 2.86. The zero-order chi connectivity index (χ0) is 15.7. The summed E-state index contributed by atoms with van der Waals surface area (Å²) in [4.78, 5) is 21.0. The molecular weight excluding hydrogens is 298 g/mol. The Kier molecular flexibility index (Phi) is 3.74. The molecule has 1 aromatic carbocycles. The molecular formula is C15H15N5OS. The van der Waals surface area contributed by atoms with Crippen LogP contribution < -0.4 is 16.8 Å². The number of hydrogen-bond donors (Lipinski definition) is 3. The lowest BCUT2D eigenvalue weighted by atomic mass is 10.1. The number of amides is 1. The highest BCUT2D eigenvalue weighted by Crippen LogP contribution is 2.27. The minimum atomic E-state index is -0.215. The van der Waals surface area contributed by atoms with Crippen molar-refractivity contribution in [2.75, 3.05) is 11.1 Å². The molecule has 5 N–H and O–H groups in total. The van der Waals surface area contributed by atoms with E-state index in [1.54, 1.807) is 6.07 Å². The van der Waals surface area contributed by atoms with Crippen molar-refractivity contribution >= 4 is 38.4 Å². The molecule has 22 heavy (non-hydrogen) atoms. The lowest BCUT2D eigenvalue weighted by Crippen LogP contribution is -2.13. The standard InChI is InChI=1S/C15H15N5OS/c1-8-5-11(12-13(18-8)20-15(17)22-12)14(21)19-10-4-2-3-9(6-10)7-16/h2-6H,7,16H2,1H3,(H,19,21)(H2,17,18,20). The Hall–Kier alpha value is -2.51. The van der Waals surface area contributed by atoms with Gasteiger partial charge >= 0.3 is 0 Å². The maximum absolute atomic E-state index is 12.6. The van der Waals surface area contributed by atoms with E-state index in [1.165, 1.54) is 11.3 Å². The molecule has 0 aliphatic heterocycles. The van der Waals surface area contributed by atoms with Crippen molar-refractivity contribution in [1.29, 1.82) is 0 Å². The quantitative estimate of drug-likeness (QED) is 0.687. The van der Waals surface area contributed by atoms with Gasteiger partial charge in [0.1, 0.15) is 0 Å². The molecule has 0 aliphatic rings. The highest BCUT2D eigenvalue weighted by atomic mass is 32.1. The predicted octanol–water partition coefficient (Wildman–Crippen LogP) is 2.29. The third-order valence-electron chi connectivity index (χ3n) is 3.17. The van der Waals surface area contributed by atoms with Crippen LogP contribution in [0.15, 0.2) is 30.3 Å². The monoisotopic (exact) mass is 313 g/mol. The lowest BCUT2D eigenvalue weighted by molar-refractivity contribution is 0.102. The second-order valence-electron chi connectivity index (χ2n) is 4.87. The molecule has 7 heteroatoms. The number of aromatic nitrogens is 2. The summed E-state index contributed by atoms with van der Waals surface area (Å²) < 4.78 is 0.690. The van der Waals surface area contributed by atoms with E-state index in [-0.39, 0.29) is 5.91 Å². The van der Waals surface area contributed by atoms with Gasteiger partial charge in [0, 0.05) is 17.9 Å². The predicted molar refractivity (Wildman–Crippen MR) is 88.9 cm³/mol. The van der Waals surface area contributed by atoms with Crippen LogP contribution in [0.1, 0.15) is 21.6 Å². The molecule has 0 bridgehead atoms. The van der Waals surface area contributed by atoms with E-state index in [4.69, 9.17) is 11.5 Å². The van der Waals surface area contributed by atoms with Gasteiger partial charge < -0.3 is 16.8 Å². The number of anilines is 2. The Morgan fingerprint density at radius 3 is 2.91 bits per heavy atom. The number of fused-ring (bicyclic) bond motifs is 1. The number of pyridine rings is 1. The number of benzene rings is 1. The Labute approximate surface area is 131 Å². The molecule has 0 fully saturated rings. The fourth-order valence-corrected chi connectivity index (χ4v) is 2.98. The summed E-state index contributed by atoms with van der Waals surface area (Å²) in [5, 5.41) is 3.27. The molecule has 2 heterocycles. The SMILES string of the molecule is Cc1cc(C(=O)Nc2cccc(CN)c2)c2sc(N)nc2n1. The molecule has 6 nitrogen and oxygen atoms in total. The number of carbonyl (C=O) groups excluding carboxylic acids is 1. The van der Waals surface area contributed by atoms with Gasteiger partial charge in [-0.15, -0.1) is 0 Å². The van der Waals surface area contributed by atoms with E-state index >= 15 is 0 Å². The summed E-state index contributed by atoms with van der Waals surface area (Å²) in [6, 6.07) is 9.18. The average molecular weight is 313 g/mol. The van der Waals surface area contributed by atoms with Crippen molar-refractivity contribution in [1.82, 2.24) is 9.97 Å². The fraction of sp³-hybridized carbons (Fsp3) is 0.133. The minimum Gasteiger partial charge on any atom is -0.375 e. The van der Waals surface area contributed by atoms with Crippen LogP contribution in [-0.4, -0.2) is 15.9 Å². The van der Waals surface area contributed by atoms with Crippen molar-refractivity contribution in [2.45, 2.75) is 13.5 Å². The maximum Gasteiger partial charge on any atom is 0.257 e. The highest BCUT2D eigenvalue weighted by molar-refractivity contribution is 7.22. The van der Waals surface area contributed by atoms with Crippen LogP contribution in [0.2, 0.25) is 0 Å². The molecule has 3 rings (SSSR count). The Morgan fingerprint density at radius 1 is 1.32 bits per heavy atom. The first kappa shape index (κ1) is 14.4. The van der Waals surface area contributed by atoms with Gasteiger partial charge in [0.15, 0.2) is 10.8 Å². The van der Waals surface area contributed by atoms with Crippen LogP contribution in [0.5, 0.6) is 0 Å². The van der Waals surface area contributed by atoms with Crippen molar-refractivity contribution in [3.63, 3.8) is 0 Å². The molecule has 0 spiro atoms. The molecule has 0 saturated carbocycles. The summed E-state index contributed by atoms with van der Waals surface area (Å²) >= 11 is 1.26. The van der Waals surface area contributed by atoms with Crippen LogP contribution in [0.25, 0.3) is 10.3 Å². The third-order valence-corrected chi connectivity index (χ3v) is 4.08. The number of thiazole rings is 1. The summed E-state index contributed by atoms with van der Waals surface area (Å²) in [6.45, 7) is 2.24. The lowest BCUT2D eigenvalue weighted by Gasteiger charge is -2.07. The Morgan fingerprint density at radius 2 is 2.14 bits per heavy atom. The van der Waals surface area contributed by atoms with Crippen molar-refractivity contribution < 1.29 is 4.79 Å².